The Bertz CT molecular complexity index is 844. The zero-order chi connectivity index (χ0) is 17.8. The smallest absolute Gasteiger partial charge is 0.293 e. The number of aryl methyl sites for hydroxylation is 1. The average molecular weight is 353 g/mol. The van der Waals surface area contributed by atoms with Crippen LogP contribution in [0.5, 0.6) is 5.75 Å². The Morgan fingerprint density at radius 2 is 1.92 bits per heavy atom. The molecule has 0 N–H and O–H groups in total. The van der Waals surface area contributed by atoms with Crippen LogP contribution in [-0.4, -0.2) is 22.7 Å². The van der Waals surface area contributed by atoms with E-state index in [0.717, 1.165) is 34.2 Å². The summed E-state index contributed by atoms with van der Waals surface area (Å²) in [4.78, 5) is 26.6. The molecule has 2 amide bonds. The molecule has 1 heterocycles. The van der Waals surface area contributed by atoms with E-state index >= 15 is 0 Å². The lowest BCUT2D eigenvalue weighted by atomic mass is 10.1. The lowest BCUT2D eigenvalue weighted by Crippen LogP contribution is -2.27. The van der Waals surface area contributed by atoms with Crippen molar-refractivity contribution in [1.82, 2.24) is 4.90 Å². The van der Waals surface area contributed by atoms with E-state index in [0.29, 0.717) is 18.1 Å². The lowest BCUT2D eigenvalue weighted by molar-refractivity contribution is -0.123. The Hall–Kier alpha value is -2.53. The van der Waals surface area contributed by atoms with Crippen LogP contribution in [-0.2, 0) is 11.3 Å². The Kier molecular flexibility index (Phi) is 5.24. The zero-order valence-corrected chi connectivity index (χ0v) is 15.0. The summed E-state index contributed by atoms with van der Waals surface area (Å²) >= 11 is 0.979. The number of nitrogens with zero attached hydrogens (tertiary/aromatic N) is 1. The third kappa shape index (κ3) is 3.94. The summed E-state index contributed by atoms with van der Waals surface area (Å²) in [5, 5.41) is -0.236. The van der Waals surface area contributed by atoms with Gasteiger partial charge in [-0.05, 0) is 60.5 Å². The Balaban J connectivity index is 1.81. The number of benzene rings is 2. The van der Waals surface area contributed by atoms with E-state index in [1.165, 1.54) is 4.90 Å². The number of ether oxygens (including phenoxy) is 1. The molecule has 0 saturated carbocycles. The minimum atomic E-state index is -0.250. The predicted octanol–water partition coefficient (Wildman–Crippen LogP) is 4.63. The molecule has 1 saturated heterocycles. The van der Waals surface area contributed by atoms with E-state index < -0.39 is 0 Å². The van der Waals surface area contributed by atoms with Gasteiger partial charge in [0.25, 0.3) is 11.1 Å². The van der Waals surface area contributed by atoms with Gasteiger partial charge in [0.1, 0.15) is 5.75 Å². The maximum atomic E-state index is 12.6. The van der Waals surface area contributed by atoms with Crippen molar-refractivity contribution in [2.45, 2.75) is 20.4 Å². The second-order valence-corrected chi connectivity index (χ2v) is 6.69. The molecule has 3 rings (SSSR count). The van der Waals surface area contributed by atoms with Crippen LogP contribution in [0, 0.1) is 6.92 Å². The minimum absolute atomic E-state index is 0.236. The van der Waals surface area contributed by atoms with Crippen LogP contribution in [0.1, 0.15) is 23.6 Å². The first-order valence-corrected chi connectivity index (χ1v) is 8.93. The number of carbonyl (C=O) groups excluding carboxylic acids is 2. The highest BCUT2D eigenvalue weighted by Crippen LogP contribution is 2.34. The Morgan fingerprint density at radius 3 is 2.68 bits per heavy atom. The molecule has 5 heteroatoms. The fourth-order valence-electron chi connectivity index (χ4n) is 2.61. The van der Waals surface area contributed by atoms with E-state index in [4.69, 9.17) is 4.74 Å². The molecule has 0 spiro atoms. The zero-order valence-electron chi connectivity index (χ0n) is 14.2. The predicted molar refractivity (Wildman–Crippen MR) is 100 cm³/mol. The summed E-state index contributed by atoms with van der Waals surface area (Å²) in [6, 6.07) is 15.3. The van der Waals surface area contributed by atoms with E-state index in [2.05, 4.69) is 0 Å². The van der Waals surface area contributed by atoms with Gasteiger partial charge in [0.05, 0.1) is 18.1 Å². The molecular weight excluding hydrogens is 334 g/mol. The maximum absolute atomic E-state index is 12.6. The SMILES string of the molecule is CCOc1cccc(/C=C2\SC(=O)N(Cc3ccccc3C)C2=O)c1. The van der Waals surface area contributed by atoms with E-state index in [1.54, 1.807) is 6.08 Å². The number of thioether (sulfide) groups is 1. The fraction of sp³-hybridized carbons (Fsp3) is 0.200. The maximum Gasteiger partial charge on any atom is 0.293 e. The van der Waals surface area contributed by atoms with Gasteiger partial charge in [0.15, 0.2) is 0 Å². The second kappa shape index (κ2) is 7.57. The molecule has 1 fully saturated rings. The highest BCUT2D eigenvalue weighted by atomic mass is 32.2. The van der Waals surface area contributed by atoms with Gasteiger partial charge in [-0.25, -0.2) is 0 Å². The molecule has 4 nitrogen and oxygen atoms in total. The topological polar surface area (TPSA) is 46.6 Å². The van der Waals surface area contributed by atoms with E-state index in [1.807, 2.05) is 62.4 Å². The molecule has 0 bridgehead atoms. The lowest BCUT2D eigenvalue weighted by Gasteiger charge is -2.14. The third-order valence-corrected chi connectivity index (χ3v) is 4.84. The van der Waals surface area contributed by atoms with Gasteiger partial charge < -0.3 is 4.74 Å². The Morgan fingerprint density at radius 1 is 1.12 bits per heavy atom. The van der Waals surface area contributed by atoms with Gasteiger partial charge in [-0.3, -0.25) is 14.5 Å². The highest BCUT2D eigenvalue weighted by Gasteiger charge is 2.35. The van der Waals surface area contributed by atoms with Crippen molar-refractivity contribution in [2.75, 3.05) is 6.61 Å². The Labute approximate surface area is 151 Å². The third-order valence-electron chi connectivity index (χ3n) is 3.93. The summed E-state index contributed by atoms with van der Waals surface area (Å²) in [6.45, 7) is 4.77. The summed E-state index contributed by atoms with van der Waals surface area (Å²) < 4.78 is 5.47. The molecule has 0 aliphatic carbocycles. The molecule has 0 radical (unpaired) electrons. The van der Waals surface area contributed by atoms with Crippen molar-refractivity contribution in [3.05, 3.63) is 70.1 Å². The molecule has 2 aromatic carbocycles. The van der Waals surface area contributed by atoms with Crippen LogP contribution in [0.4, 0.5) is 4.79 Å². The summed E-state index contributed by atoms with van der Waals surface area (Å²) in [5.74, 6) is 0.496. The van der Waals surface area contributed by atoms with Gasteiger partial charge in [-0.1, -0.05) is 36.4 Å². The van der Waals surface area contributed by atoms with Crippen LogP contribution < -0.4 is 4.74 Å². The van der Waals surface area contributed by atoms with Gasteiger partial charge in [0, 0.05) is 0 Å². The summed E-state index contributed by atoms with van der Waals surface area (Å²) in [5.41, 5.74) is 2.88. The van der Waals surface area contributed by atoms with Gasteiger partial charge >= 0.3 is 0 Å². The first kappa shape index (κ1) is 17.3. The molecule has 128 valence electrons. The number of rotatable bonds is 5. The molecular formula is C20H19NO3S. The molecule has 1 aliphatic heterocycles. The molecule has 2 aromatic rings. The standard InChI is InChI=1S/C20H19NO3S/c1-3-24-17-10-6-8-15(11-17)12-18-19(22)21(20(23)25-18)13-16-9-5-4-7-14(16)2/h4-12H,3,13H2,1-2H3/b18-12-. The normalized spacial score (nSPS) is 15.9. The van der Waals surface area contributed by atoms with E-state index in [9.17, 15) is 9.59 Å². The number of amides is 2. The quantitative estimate of drug-likeness (QED) is 0.735. The molecule has 0 atom stereocenters. The van der Waals surface area contributed by atoms with Crippen molar-refractivity contribution in [2.24, 2.45) is 0 Å². The van der Waals surface area contributed by atoms with Crippen molar-refractivity contribution < 1.29 is 14.3 Å². The molecule has 25 heavy (non-hydrogen) atoms. The monoisotopic (exact) mass is 353 g/mol. The summed E-state index contributed by atoms with van der Waals surface area (Å²) in [6.07, 6.45) is 1.74. The first-order chi connectivity index (χ1) is 12.1. The van der Waals surface area contributed by atoms with Crippen molar-refractivity contribution in [3.8, 4) is 5.75 Å². The minimum Gasteiger partial charge on any atom is -0.494 e. The molecule has 1 aliphatic rings. The van der Waals surface area contributed by atoms with Crippen molar-refractivity contribution >= 4 is 29.0 Å². The molecule has 0 aromatic heterocycles. The first-order valence-electron chi connectivity index (χ1n) is 8.11. The number of carbonyl (C=O) groups is 2. The van der Waals surface area contributed by atoms with Crippen LogP contribution >= 0.6 is 11.8 Å². The summed E-state index contributed by atoms with van der Waals surface area (Å²) in [7, 11) is 0. The number of imide groups is 1. The highest BCUT2D eigenvalue weighted by molar-refractivity contribution is 8.18. The second-order valence-electron chi connectivity index (χ2n) is 5.70. The van der Waals surface area contributed by atoms with Gasteiger partial charge in [-0.15, -0.1) is 0 Å². The van der Waals surface area contributed by atoms with Crippen LogP contribution in [0.2, 0.25) is 0 Å². The number of hydrogen-bond donors (Lipinski definition) is 0. The van der Waals surface area contributed by atoms with Gasteiger partial charge in [0.2, 0.25) is 0 Å². The van der Waals surface area contributed by atoms with Gasteiger partial charge in [-0.2, -0.15) is 0 Å². The van der Waals surface area contributed by atoms with E-state index in [-0.39, 0.29) is 11.1 Å². The average Bonchev–Trinajstić information content (AvgIpc) is 2.85. The van der Waals surface area contributed by atoms with Crippen LogP contribution in [0.25, 0.3) is 6.08 Å². The number of hydrogen-bond acceptors (Lipinski definition) is 4. The molecule has 0 unspecified atom stereocenters. The van der Waals surface area contributed by atoms with Crippen molar-refractivity contribution in [3.63, 3.8) is 0 Å². The van der Waals surface area contributed by atoms with Crippen LogP contribution in [0.3, 0.4) is 0 Å². The van der Waals surface area contributed by atoms with Crippen LogP contribution in [0.15, 0.2) is 53.4 Å². The van der Waals surface area contributed by atoms with Crippen molar-refractivity contribution in [1.29, 1.82) is 0 Å². The fourth-order valence-corrected chi connectivity index (χ4v) is 3.44. The largest absolute Gasteiger partial charge is 0.494 e.